The molecule has 1 saturated heterocycles. The van der Waals surface area contributed by atoms with Crippen LogP contribution in [0, 0.1) is 5.92 Å². The Morgan fingerprint density at radius 2 is 2.19 bits per heavy atom. The zero-order valence-corrected chi connectivity index (χ0v) is 14.7. The Morgan fingerprint density at radius 1 is 1.31 bits per heavy atom. The monoisotopic (exact) mass is 357 g/mol. The summed E-state index contributed by atoms with van der Waals surface area (Å²) in [6.45, 7) is 2.44. The van der Waals surface area contributed by atoms with Gasteiger partial charge in [-0.1, -0.05) is 6.07 Å². The smallest absolute Gasteiger partial charge is 0.291 e. The molecule has 0 aliphatic carbocycles. The van der Waals surface area contributed by atoms with Gasteiger partial charge < -0.3 is 24.7 Å². The maximum absolute atomic E-state index is 12.3. The molecule has 1 aliphatic heterocycles. The molecule has 0 saturated carbocycles. The molecule has 0 bridgehead atoms. The lowest BCUT2D eigenvalue weighted by Crippen LogP contribution is -2.34. The van der Waals surface area contributed by atoms with Crippen molar-refractivity contribution in [1.82, 2.24) is 10.2 Å². The minimum Gasteiger partial charge on any atom is -0.484 e. The van der Waals surface area contributed by atoms with E-state index in [1.54, 1.807) is 36.4 Å². The van der Waals surface area contributed by atoms with Crippen LogP contribution in [0.25, 0.3) is 0 Å². The average Bonchev–Trinajstić information content (AvgIpc) is 3.32. The van der Waals surface area contributed by atoms with E-state index in [2.05, 4.69) is 10.6 Å². The molecule has 1 unspecified atom stereocenters. The number of likely N-dealkylation sites (tertiary alicyclic amines) is 1. The van der Waals surface area contributed by atoms with Gasteiger partial charge in [-0.25, -0.2) is 0 Å². The van der Waals surface area contributed by atoms with Crippen LogP contribution in [-0.2, 0) is 4.79 Å². The van der Waals surface area contributed by atoms with Gasteiger partial charge in [0.05, 0.1) is 6.26 Å². The topological polar surface area (TPSA) is 83.8 Å². The molecule has 2 N–H and O–H groups in total. The molecule has 1 aliphatic rings. The summed E-state index contributed by atoms with van der Waals surface area (Å²) in [7, 11) is 1.92. The van der Waals surface area contributed by atoms with Gasteiger partial charge in [0.15, 0.2) is 12.4 Å². The zero-order valence-electron chi connectivity index (χ0n) is 14.7. The van der Waals surface area contributed by atoms with Crippen LogP contribution in [-0.4, -0.2) is 50.0 Å². The third kappa shape index (κ3) is 4.64. The highest BCUT2D eigenvalue weighted by atomic mass is 16.5. The van der Waals surface area contributed by atoms with E-state index >= 15 is 0 Å². The van der Waals surface area contributed by atoms with Crippen molar-refractivity contribution in [2.75, 3.05) is 38.6 Å². The van der Waals surface area contributed by atoms with E-state index in [-0.39, 0.29) is 24.2 Å². The Labute approximate surface area is 152 Å². The summed E-state index contributed by atoms with van der Waals surface area (Å²) in [5.41, 5.74) is 0.576. The van der Waals surface area contributed by atoms with Crippen LogP contribution in [0.15, 0.2) is 47.1 Å². The summed E-state index contributed by atoms with van der Waals surface area (Å²) in [6, 6.07) is 10.2. The first kappa shape index (κ1) is 18.0. The molecule has 2 aromatic rings. The van der Waals surface area contributed by atoms with Gasteiger partial charge in [0.25, 0.3) is 11.8 Å². The van der Waals surface area contributed by atoms with Crippen molar-refractivity contribution in [2.45, 2.75) is 6.42 Å². The quantitative estimate of drug-likeness (QED) is 0.792. The molecule has 1 aromatic carbocycles. The summed E-state index contributed by atoms with van der Waals surface area (Å²) in [4.78, 5) is 26.1. The number of rotatable bonds is 7. The normalized spacial score (nSPS) is 16.5. The summed E-state index contributed by atoms with van der Waals surface area (Å²) >= 11 is 0. The predicted octanol–water partition coefficient (Wildman–Crippen LogP) is 1.98. The standard InChI is InChI=1S/C19H23N3O4/c1-20-11-14-7-8-22(12-14)18(23)13-26-16-5-2-4-15(10-16)21-19(24)17-6-3-9-25-17/h2-6,9-10,14,20H,7-8,11-13H2,1H3,(H,21,24). The number of hydrogen-bond acceptors (Lipinski definition) is 5. The second-order valence-electron chi connectivity index (χ2n) is 6.30. The van der Waals surface area contributed by atoms with Crippen molar-refractivity contribution in [3.8, 4) is 5.75 Å². The SMILES string of the molecule is CNCC1CCN(C(=O)COc2cccc(NC(=O)c3ccco3)c2)C1. The first-order valence-electron chi connectivity index (χ1n) is 8.66. The van der Waals surface area contributed by atoms with E-state index in [0.717, 1.165) is 26.1 Å². The van der Waals surface area contributed by atoms with Crippen LogP contribution in [0.1, 0.15) is 17.0 Å². The number of ether oxygens (including phenoxy) is 1. The van der Waals surface area contributed by atoms with Crippen molar-refractivity contribution in [1.29, 1.82) is 0 Å². The molecule has 3 rings (SSSR count). The third-order valence-electron chi connectivity index (χ3n) is 4.33. The van der Waals surface area contributed by atoms with Gasteiger partial charge in [-0.05, 0) is 50.2 Å². The molecule has 0 spiro atoms. The van der Waals surface area contributed by atoms with E-state index in [0.29, 0.717) is 17.4 Å². The number of anilines is 1. The molecule has 7 heteroatoms. The van der Waals surface area contributed by atoms with Crippen LogP contribution in [0.5, 0.6) is 5.75 Å². The molecule has 138 valence electrons. The Kier molecular flexibility index (Phi) is 5.91. The molecule has 1 atom stereocenters. The van der Waals surface area contributed by atoms with Crippen LogP contribution < -0.4 is 15.4 Å². The number of nitrogens with one attached hydrogen (secondary N) is 2. The first-order valence-corrected chi connectivity index (χ1v) is 8.66. The van der Waals surface area contributed by atoms with Gasteiger partial charge in [0.2, 0.25) is 0 Å². The number of benzene rings is 1. The Balaban J connectivity index is 1.51. The van der Waals surface area contributed by atoms with Crippen LogP contribution in [0.3, 0.4) is 0 Å². The van der Waals surface area contributed by atoms with Gasteiger partial charge in [0, 0.05) is 24.8 Å². The van der Waals surface area contributed by atoms with Crippen molar-refractivity contribution < 1.29 is 18.7 Å². The lowest BCUT2D eigenvalue weighted by Gasteiger charge is -2.17. The van der Waals surface area contributed by atoms with Gasteiger partial charge in [-0.2, -0.15) is 0 Å². The minimum atomic E-state index is -0.337. The first-order chi connectivity index (χ1) is 12.7. The number of hydrogen-bond donors (Lipinski definition) is 2. The lowest BCUT2D eigenvalue weighted by molar-refractivity contribution is -0.132. The fourth-order valence-electron chi connectivity index (χ4n) is 3.01. The lowest BCUT2D eigenvalue weighted by atomic mass is 10.1. The highest BCUT2D eigenvalue weighted by Crippen LogP contribution is 2.19. The van der Waals surface area contributed by atoms with E-state index in [4.69, 9.17) is 9.15 Å². The maximum Gasteiger partial charge on any atom is 0.291 e. The summed E-state index contributed by atoms with van der Waals surface area (Å²) in [5, 5.41) is 5.88. The summed E-state index contributed by atoms with van der Waals surface area (Å²) in [5.74, 6) is 0.909. The van der Waals surface area contributed by atoms with Crippen molar-refractivity contribution in [3.05, 3.63) is 48.4 Å². The zero-order chi connectivity index (χ0) is 18.4. The number of nitrogens with zero attached hydrogens (tertiary/aromatic N) is 1. The van der Waals surface area contributed by atoms with Crippen molar-refractivity contribution >= 4 is 17.5 Å². The van der Waals surface area contributed by atoms with Crippen molar-refractivity contribution in [2.24, 2.45) is 5.92 Å². The molecule has 1 aromatic heterocycles. The Bertz CT molecular complexity index is 745. The predicted molar refractivity (Wildman–Crippen MR) is 97.2 cm³/mol. The average molecular weight is 357 g/mol. The van der Waals surface area contributed by atoms with Gasteiger partial charge >= 0.3 is 0 Å². The van der Waals surface area contributed by atoms with E-state index in [9.17, 15) is 9.59 Å². The van der Waals surface area contributed by atoms with E-state index in [1.807, 2.05) is 11.9 Å². The van der Waals surface area contributed by atoms with Crippen LogP contribution in [0.2, 0.25) is 0 Å². The fourth-order valence-corrected chi connectivity index (χ4v) is 3.01. The van der Waals surface area contributed by atoms with E-state index < -0.39 is 0 Å². The second-order valence-corrected chi connectivity index (χ2v) is 6.30. The largest absolute Gasteiger partial charge is 0.484 e. The molecule has 1 fully saturated rings. The second kappa shape index (κ2) is 8.53. The van der Waals surface area contributed by atoms with Crippen LogP contribution in [0.4, 0.5) is 5.69 Å². The van der Waals surface area contributed by atoms with Gasteiger partial charge in [-0.15, -0.1) is 0 Å². The maximum atomic E-state index is 12.3. The molecule has 2 heterocycles. The van der Waals surface area contributed by atoms with Gasteiger partial charge in [0.1, 0.15) is 5.75 Å². The number of carbonyl (C=O) groups is 2. The molecular weight excluding hydrogens is 334 g/mol. The third-order valence-corrected chi connectivity index (χ3v) is 4.33. The summed E-state index contributed by atoms with van der Waals surface area (Å²) < 4.78 is 10.7. The molecule has 7 nitrogen and oxygen atoms in total. The fraction of sp³-hybridized carbons (Fsp3) is 0.368. The Morgan fingerprint density at radius 3 is 2.96 bits per heavy atom. The van der Waals surface area contributed by atoms with Crippen LogP contribution >= 0.6 is 0 Å². The van der Waals surface area contributed by atoms with E-state index in [1.165, 1.54) is 6.26 Å². The van der Waals surface area contributed by atoms with Gasteiger partial charge in [-0.3, -0.25) is 9.59 Å². The highest BCUT2D eigenvalue weighted by Gasteiger charge is 2.25. The molecular formula is C19H23N3O4. The highest BCUT2D eigenvalue weighted by molar-refractivity contribution is 6.02. The molecule has 2 amide bonds. The number of amides is 2. The summed E-state index contributed by atoms with van der Waals surface area (Å²) in [6.07, 6.45) is 2.46. The molecule has 26 heavy (non-hydrogen) atoms. The minimum absolute atomic E-state index is 0.0120. The van der Waals surface area contributed by atoms with Crippen molar-refractivity contribution in [3.63, 3.8) is 0 Å². The Hall–Kier alpha value is -2.80. The number of carbonyl (C=O) groups excluding carboxylic acids is 2. The molecule has 0 radical (unpaired) electrons. The number of furan rings is 1.